The number of Topliss-reactive ketones (excluding diaryl/α,β-unsaturated/α-hetero) is 1. The molecule has 0 N–H and O–H groups in total. The summed E-state index contributed by atoms with van der Waals surface area (Å²) in [5.74, 6) is -1.65. The number of esters is 1. The van der Waals surface area contributed by atoms with Gasteiger partial charge < -0.3 is 9.64 Å². The van der Waals surface area contributed by atoms with Crippen molar-refractivity contribution in [3.63, 3.8) is 0 Å². The SMILES string of the molecule is O=C(C(=O)N1CCC[C@H]1C(=O)OCc1ccccc1)c1cccs1. The smallest absolute Gasteiger partial charge is 0.329 e. The van der Waals surface area contributed by atoms with Crippen LogP contribution in [0.25, 0.3) is 0 Å². The number of likely N-dealkylation sites (tertiary alicyclic amines) is 1. The van der Waals surface area contributed by atoms with Crippen molar-refractivity contribution in [1.82, 2.24) is 4.90 Å². The standard InChI is InChI=1S/C18H17NO4S/c20-16(15-9-5-11-24-15)17(21)19-10-4-8-14(19)18(22)23-12-13-6-2-1-3-7-13/h1-3,5-7,9,11,14H,4,8,10,12H2/t14-/m0/s1. The predicted molar refractivity (Wildman–Crippen MR) is 89.6 cm³/mol. The molecular weight excluding hydrogens is 326 g/mol. The van der Waals surface area contributed by atoms with E-state index in [1.165, 1.54) is 16.2 Å². The lowest BCUT2D eigenvalue weighted by Gasteiger charge is -2.22. The molecule has 3 rings (SSSR count). The average molecular weight is 343 g/mol. The molecule has 0 spiro atoms. The Kier molecular flexibility index (Phi) is 5.05. The molecule has 1 amide bonds. The Labute approximate surface area is 143 Å². The van der Waals surface area contributed by atoms with Gasteiger partial charge >= 0.3 is 5.97 Å². The largest absolute Gasteiger partial charge is 0.459 e. The van der Waals surface area contributed by atoms with Crippen LogP contribution >= 0.6 is 11.3 Å². The van der Waals surface area contributed by atoms with Gasteiger partial charge in [0.2, 0.25) is 0 Å². The van der Waals surface area contributed by atoms with Gasteiger partial charge in [0.05, 0.1) is 4.88 Å². The summed E-state index contributed by atoms with van der Waals surface area (Å²) >= 11 is 1.22. The van der Waals surface area contributed by atoms with Crippen LogP contribution in [0.5, 0.6) is 0 Å². The summed E-state index contributed by atoms with van der Waals surface area (Å²) in [6.07, 6.45) is 1.21. The number of nitrogens with zero attached hydrogens (tertiary/aromatic N) is 1. The summed E-state index contributed by atoms with van der Waals surface area (Å²) < 4.78 is 5.32. The van der Waals surface area contributed by atoms with E-state index in [-0.39, 0.29) is 6.61 Å². The first kappa shape index (κ1) is 16.4. The molecule has 24 heavy (non-hydrogen) atoms. The highest BCUT2D eigenvalue weighted by molar-refractivity contribution is 7.13. The van der Waals surface area contributed by atoms with E-state index in [4.69, 9.17) is 4.74 Å². The maximum Gasteiger partial charge on any atom is 0.329 e. The van der Waals surface area contributed by atoms with Crippen LogP contribution in [0.3, 0.4) is 0 Å². The number of carbonyl (C=O) groups is 3. The number of thiophene rings is 1. The van der Waals surface area contributed by atoms with Crippen molar-refractivity contribution < 1.29 is 19.1 Å². The number of benzene rings is 1. The Balaban J connectivity index is 1.63. The van der Waals surface area contributed by atoms with Crippen molar-refractivity contribution >= 4 is 29.0 Å². The van der Waals surface area contributed by atoms with Gasteiger partial charge in [-0.2, -0.15) is 0 Å². The topological polar surface area (TPSA) is 63.7 Å². The molecule has 0 bridgehead atoms. The summed E-state index contributed by atoms with van der Waals surface area (Å²) in [6, 6.07) is 12.0. The molecule has 1 atom stereocenters. The van der Waals surface area contributed by atoms with Gasteiger partial charge in [-0.05, 0) is 29.9 Å². The molecule has 1 aliphatic heterocycles. The minimum absolute atomic E-state index is 0.164. The van der Waals surface area contributed by atoms with Gasteiger partial charge in [-0.3, -0.25) is 9.59 Å². The average Bonchev–Trinajstić information content (AvgIpc) is 3.30. The predicted octanol–water partition coefficient (Wildman–Crippen LogP) is 2.67. The van der Waals surface area contributed by atoms with Crippen LogP contribution in [-0.4, -0.2) is 35.1 Å². The fourth-order valence-electron chi connectivity index (χ4n) is 2.72. The Bertz CT molecular complexity index is 727. The zero-order valence-corrected chi connectivity index (χ0v) is 13.8. The zero-order chi connectivity index (χ0) is 16.9. The van der Waals surface area contributed by atoms with E-state index >= 15 is 0 Å². The van der Waals surface area contributed by atoms with Gasteiger partial charge in [-0.1, -0.05) is 36.4 Å². The van der Waals surface area contributed by atoms with Crippen molar-refractivity contribution in [2.24, 2.45) is 0 Å². The van der Waals surface area contributed by atoms with Gasteiger partial charge in [0, 0.05) is 6.54 Å². The molecule has 2 aromatic rings. The second kappa shape index (κ2) is 7.40. The lowest BCUT2D eigenvalue weighted by atomic mass is 10.2. The maximum atomic E-state index is 12.4. The molecule has 1 aliphatic rings. The van der Waals surface area contributed by atoms with Crippen LogP contribution in [0, 0.1) is 0 Å². The van der Waals surface area contributed by atoms with Gasteiger partial charge in [0.1, 0.15) is 12.6 Å². The highest BCUT2D eigenvalue weighted by Crippen LogP contribution is 2.21. The summed E-state index contributed by atoms with van der Waals surface area (Å²) in [7, 11) is 0. The number of hydrogen-bond acceptors (Lipinski definition) is 5. The molecule has 124 valence electrons. The van der Waals surface area contributed by atoms with Crippen LogP contribution < -0.4 is 0 Å². The lowest BCUT2D eigenvalue weighted by molar-refractivity contribution is -0.153. The molecule has 0 unspecified atom stereocenters. The maximum absolute atomic E-state index is 12.4. The van der Waals surface area contributed by atoms with Crippen LogP contribution in [-0.2, 0) is 20.9 Å². The number of carbonyl (C=O) groups excluding carboxylic acids is 3. The van der Waals surface area contributed by atoms with Crippen LogP contribution in [0.1, 0.15) is 28.1 Å². The second-order valence-corrected chi connectivity index (χ2v) is 6.50. The quantitative estimate of drug-likeness (QED) is 0.476. The minimum Gasteiger partial charge on any atom is -0.459 e. The van der Waals surface area contributed by atoms with Crippen molar-refractivity contribution in [1.29, 1.82) is 0 Å². The van der Waals surface area contributed by atoms with E-state index in [0.29, 0.717) is 24.3 Å². The zero-order valence-electron chi connectivity index (χ0n) is 13.0. The van der Waals surface area contributed by atoms with Gasteiger partial charge in [0.15, 0.2) is 0 Å². The summed E-state index contributed by atoms with van der Waals surface area (Å²) in [6.45, 7) is 0.568. The molecule has 0 radical (unpaired) electrons. The molecule has 0 aliphatic carbocycles. The van der Waals surface area contributed by atoms with E-state index in [9.17, 15) is 14.4 Å². The molecule has 1 saturated heterocycles. The molecule has 1 aromatic carbocycles. The number of ether oxygens (including phenoxy) is 1. The summed E-state index contributed by atoms with van der Waals surface area (Å²) in [4.78, 5) is 38.7. The van der Waals surface area contributed by atoms with E-state index < -0.39 is 23.7 Å². The van der Waals surface area contributed by atoms with E-state index in [1.54, 1.807) is 17.5 Å². The van der Waals surface area contributed by atoms with Crippen molar-refractivity contribution in [3.05, 3.63) is 58.3 Å². The third kappa shape index (κ3) is 3.54. The van der Waals surface area contributed by atoms with Crippen LogP contribution in [0.4, 0.5) is 0 Å². The molecule has 1 fully saturated rings. The molecular formula is C18H17NO4S. The Hall–Kier alpha value is -2.47. The number of rotatable bonds is 5. The molecule has 6 heteroatoms. The molecule has 1 aromatic heterocycles. The van der Waals surface area contributed by atoms with Crippen LogP contribution in [0.2, 0.25) is 0 Å². The van der Waals surface area contributed by atoms with Crippen molar-refractivity contribution in [3.8, 4) is 0 Å². The lowest BCUT2D eigenvalue weighted by Crippen LogP contribution is -2.44. The molecule has 2 heterocycles. The fraction of sp³-hybridized carbons (Fsp3) is 0.278. The normalized spacial score (nSPS) is 16.8. The number of ketones is 1. The highest BCUT2D eigenvalue weighted by atomic mass is 32.1. The Morgan fingerprint density at radius 3 is 2.62 bits per heavy atom. The summed E-state index contributed by atoms with van der Waals surface area (Å²) in [5, 5.41) is 1.75. The Morgan fingerprint density at radius 1 is 1.12 bits per heavy atom. The molecule has 5 nitrogen and oxygen atoms in total. The van der Waals surface area contributed by atoms with Gasteiger partial charge in [-0.15, -0.1) is 11.3 Å². The minimum atomic E-state index is -0.676. The first-order chi connectivity index (χ1) is 11.7. The van der Waals surface area contributed by atoms with Crippen molar-refractivity contribution in [2.75, 3.05) is 6.54 Å². The third-order valence-electron chi connectivity index (χ3n) is 3.95. The number of amides is 1. The monoisotopic (exact) mass is 343 g/mol. The van der Waals surface area contributed by atoms with Gasteiger partial charge in [0.25, 0.3) is 11.7 Å². The summed E-state index contributed by atoms with van der Waals surface area (Å²) in [5.41, 5.74) is 0.886. The van der Waals surface area contributed by atoms with Crippen molar-refractivity contribution in [2.45, 2.75) is 25.5 Å². The highest BCUT2D eigenvalue weighted by Gasteiger charge is 2.38. The Morgan fingerprint density at radius 2 is 1.92 bits per heavy atom. The van der Waals surface area contributed by atoms with E-state index in [1.807, 2.05) is 30.3 Å². The van der Waals surface area contributed by atoms with Crippen LogP contribution in [0.15, 0.2) is 47.8 Å². The fourth-order valence-corrected chi connectivity index (χ4v) is 3.38. The van der Waals surface area contributed by atoms with E-state index in [2.05, 4.69) is 0 Å². The molecule has 0 saturated carbocycles. The number of hydrogen-bond donors (Lipinski definition) is 0. The first-order valence-electron chi connectivity index (χ1n) is 7.76. The van der Waals surface area contributed by atoms with Gasteiger partial charge in [-0.25, -0.2) is 4.79 Å². The van der Waals surface area contributed by atoms with E-state index in [0.717, 1.165) is 5.56 Å². The first-order valence-corrected chi connectivity index (χ1v) is 8.64. The second-order valence-electron chi connectivity index (χ2n) is 5.56. The third-order valence-corrected chi connectivity index (χ3v) is 4.82.